The Kier molecular flexibility index (Phi) is 17.1. The number of nitrogens with zero attached hydrogens (tertiary/aromatic N) is 2. The summed E-state index contributed by atoms with van der Waals surface area (Å²) in [6.07, 6.45) is 0.536. The summed E-state index contributed by atoms with van der Waals surface area (Å²) in [6.45, 7) is 25.2. The molecular weight excluding hydrogens is 981 g/mol. The third-order valence-electron chi connectivity index (χ3n) is 15.3. The zero-order valence-corrected chi connectivity index (χ0v) is 48.3. The van der Waals surface area contributed by atoms with E-state index in [1.165, 1.54) is 14.2 Å². The normalized spacial score (nSPS) is 15.1. The molecule has 0 aromatic heterocycles. The minimum absolute atomic E-state index is 0.0176. The standard InChI is InChI=1S/C66H82N2O10/c1-63(2,3)49-27-41-25-42-28-50(64(4,5)6)33-47(58(42)72)37-68(56(62(76)78-14)24-40-17-21-54(70)22-18-40)38-48-34-52(66(10,11)12)30-44(60(48)74)26-43-29-51(65(7,8)9)32-46(59(43)73)36-67(35-45(31-49)57(41)71)55(61(75)77-13)23-39-15-19-53(69)20-16-39/h15-22,27-34,55-56,69-74H,23-26,35-38H2,1-14H3/t55-,56+. The first-order valence-electron chi connectivity index (χ1n) is 26.9. The molecule has 2 atom stereocenters. The summed E-state index contributed by atoms with van der Waals surface area (Å²) in [6, 6.07) is 27.1. The Labute approximate surface area is 461 Å². The second kappa shape index (κ2) is 22.8. The van der Waals surface area contributed by atoms with Gasteiger partial charge in [0.15, 0.2) is 0 Å². The van der Waals surface area contributed by atoms with Crippen LogP contribution in [0.4, 0.5) is 0 Å². The number of phenolic OH excluding ortho intramolecular Hbond substituents is 6. The summed E-state index contributed by atoms with van der Waals surface area (Å²) in [5, 5.41) is 71.5. The van der Waals surface area contributed by atoms with Gasteiger partial charge in [-0.05, 0) is 114 Å². The Hall–Kier alpha value is -7.02. The molecule has 1 aliphatic heterocycles. The van der Waals surface area contributed by atoms with Crippen LogP contribution in [-0.2, 0) is 92.6 Å². The number of benzene rings is 6. The summed E-state index contributed by atoms with van der Waals surface area (Å²) < 4.78 is 11.1. The van der Waals surface area contributed by atoms with Gasteiger partial charge in [-0.1, -0.05) is 156 Å². The van der Waals surface area contributed by atoms with E-state index >= 15 is 0 Å². The largest absolute Gasteiger partial charge is 0.508 e. The molecule has 0 aliphatic carbocycles. The molecule has 7 rings (SSSR count). The van der Waals surface area contributed by atoms with Crippen molar-refractivity contribution in [3.05, 3.63) is 175 Å². The lowest BCUT2D eigenvalue weighted by molar-refractivity contribution is -0.148. The number of carbonyl (C=O) groups excluding carboxylic acids is 2. The fraction of sp³-hybridized carbons (Fsp3) is 0.424. The number of hydrogen-bond donors (Lipinski definition) is 6. The molecule has 12 nitrogen and oxygen atoms in total. The van der Waals surface area contributed by atoms with Gasteiger partial charge in [0.05, 0.1) is 14.2 Å². The van der Waals surface area contributed by atoms with Crippen LogP contribution in [0.3, 0.4) is 0 Å². The van der Waals surface area contributed by atoms with Crippen molar-refractivity contribution < 1.29 is 49.7 Å². The molecule has 0 spiro atoms. The Morgan fingerprint density at radius 3 is 0.821 bits per heavy atom. The van der Waals surface area contributed by atoms with E-state index in [-0.39, 0.29) is 86.4 Å². The summed E-state index contributed by atoms with van der Waals surface area (Å²) in [5.41, 5.74) is 7.67. The second-order valence-electron chi connectivity index (χ2n) is 25.6. The van der Waals surface area contributed by atoms with Crippen molar-refractivity contribution in [2.45, 2.75) is 169 Å². The molecule has 0 fully saturated rings. The molecule has 0 unspecified atom stereocenters. The monoisotopic (exact) mass is 1060 g/mol. The van der Waals surface area contributed by atoms with Crippen LogP contribution in [0, 0.1) is 0 Å². The maximum Gasteiger partial charge on any atom is 0.323 e. The van der Waals surface area contributed by atoms with Crippen molar-refractivity contribution in [3.63, 3.8) is 0 Å². The van der Waals surface area contributed by atoms with Crippen molar-refractivity contribution in [2.24, 2.45) is 0 Å². The third kappa shape index (κ3) is 13.6. The van der Waals surface area contributed by atoms with Gasteiger partial charge in [0.25, 0.3) is 0 Å². The van der Waals surface area contributed by atoms with E-state index in [9.17, 15) is 40.2 Å². The van der Waals surface area contributed by atoms with Crippen LogP contribution in [0.2, 0.25) is 0 Å². The first-order chi connectivity index (χ1) is 36.3. The fourth-order valence-electron chi connectivity index (χ4n) is 10.3. The van der Waals surface area contributed by atoms with Gasteiger partial charge < -0.3 is 40.1 Å². The summed E-state index contributed by atoms with van der Waals surface area (Å²) in [5.74, 6) is -0.977. The summed E-state index contributed by atoms with van der Waals surface area (Å²) in [4.78, 5) is 32.5. The number of methoxy groups -OCH3 is 2. The van der Waals surface area contributed by atoms with E-state index in [1.807, 2.05) is 58.3 Å². The van der Waals surface area contributed by atoms with E-state index < -0.39 is 45.7 Å². The lowest BCUT2D eigenvalue weighted by Crippen LogP contribution is -2.43. The van der Waals surface area contributed by atoms with Gasteiger partial charge in [0.1, 0.15) is 46.6 Å². The molecule has 8 bridgehead atoms. The number of hydrogen-bond acceptors (Lipinski definition) is 12. The van der Waals surface area contributed by atoms with Gasteiger partial charge in [-0.3, -0.25) is 19.4 Å². The van der Waals surface area contributed by atoms with Crippen LogP contribution < -0.4 is 0 Å². The maximum absolute atomic E-state index is 14.3. The topological polar surface area (TPSA) is 180 Å². The Morgan fingerprint density at radius 2 is 0.615 bits per heavy atom. The molecule has 6 N–H and O–H groups in total. The van der Waals surface area contributed by atoms with Crippen molar-refractivity contribution in [1.29, 1.82) is 0 Å². The fourth-order valence-corrected chi connectivity index (χ4v) is 10.3. The number of carbonyl (C=O) groups is 2. The van der Waals surface area contributed by atoms with Crippen LogP contribution >= 0.6 is 0 Å². The zero-order chi connectivity index (χ0) is 57.4. The van der Waals surface area contributed by atoms with Gasteiger partial charge >= 0.3 is 11.9 Å². The highest BCUT2D eigenvalue weighted by atomic mass is 16.5. The molecule has 0 radical (unpaired) electrons. The minimum atomic E-state index is -0.948. The molecule has 0 saturated carbocycles. The van der Waals surface area contributed by atoms with Gasteiger partial charge in [-0.2, -0.15) is 0 Å². The van der Waals surface area contributed by atoms with Crippen LogP contribution in [-0.4, -0.2) is 78.7 Å². The van der Waals surface area contributed by atoms with Gasteiger partial charge in [0.2, 0.25) is 0 Å². The second-order valence-corrected chi connectivity index (χ2v) is 25.6. The molecule has 1 heterocycles. The summed E-state index contributed by atoms with van der Waals surface area (Å²) in [7, 11) is 2.68. The summed E-state index contributed by atoms with van der Waals surface area (Å²) >= 11 is 0. The molecule has 6 aromatic rings. The highest BCUT2D eigenvalue weighted by Crippen LogP contribution is 2.42. The van der Waals surface area contributed by atoms with Crippen molar-refractivity contribution in [2.75, 3.05) is 14.2 Å². The number of esters is 2. The predicted molar refractivity (Wildman–Crippen MR) is 307 cm³/mol. The Bertz CT molecular complexity index is 2800. The van der Waals surface area contributed by atoms with E-state index in [2.05, 4.69) is 83.1 Å². The van der Waals surface area contributed by atoms with Crippen LogP contribution in [0.1, 0.15) is 161 Å². The molecule has 0 saturated heterocycles. The molecular formula is C66H82N2O10. The van der Waals surface area contributed by atoms with Crippen LogP contribution in [0.5, 0.6) is 34.5 Å². The number of aromatic hydroxyl groups is 6. The Balaban J connectivity index is 1.57. The van der Waals surface area contributed by atoms with E-state index in [1.54, 1.807) is 48.5 Å². The SMILES string of the molecule is COC(=O)[C@@H](Cc1ccc(O)cc1)N1Cc2cc(C(C)(C)C)cc(c2O)Cc2cc(C(C)(C)C)cc(c2O)CN([C@@H](Cc2ccc(O)cc2)C(=O)OC)Cc2cc(C(C)(C)C)cc(c2O)Cc2cc(C(C)(C)C)cc(c2O)C1. The van der Waals surface area contributed by atoms with Crippen LogP contribution in [0.25, 0.3) is 0 Å². The van der Waals surface area contributed by atoms with Crippen molar-refractivity contribution in [1.82, 2.24) is 9.80 Å². The van der Waals surface area contributed by atoms with E-state index in [0.717, 1.165) is 33.4 Å². The molecule has 416 valence electrons. The average molecular weight is 1060 g/mol. The number of phenols is 6. The van der Waals surface area contributed by atoms with Gasteiger partial charge in [-0.15, -0.1) is 0 Å². The predicted octanol–water partition coefficient (Wildman–Crippen LogP) is 12.2. The molecule has 0 amide bonds. The lowest BCUT2D eigenvalue weighted by Gasteiger charge is -2.33. The lowest BCUT2D eigenvalue weighted by atomic mass is 9.81. The van der Waals surface area contributed by atoms with E-state index in [0.29, 0.717) is 44.5 Å². The highest BCUT2D eigenvalue weighted by molar-refractivity contribution is 5.77. The number of rotatable bonds is 8. The first kappa shape index (κ1) is 58.7. The van der Waals surface area contributed by atoms with E-state index in [4.69, 9.17) is 9.47 Å². The molecule has 6 aromatic carbocycles. The van der Waals surface area contributed by atoms with Crippen molar-refractivity contribution in [3.8, 4) is 34.5 Å². The average Bonchev–Trinajstić information content (AvgIpc) is 3.35. The zero-order valence-electron chi connectivity index (χ0n) is 48.3. The van der Waals surface area contributed by atoms with Crippen LogP contribution in [0.15, 0.2) is 97.1 Å². The minimum Gasteiger partial charge on any atom is -0.508 e. The number of ether oxygens (including phenoxy) is 2. The van der Waals surface area contributed by atoms with Gasteiger partial charge in [-0.25, -0.2) is 0 Å². The van der Waals surface area contributed by atoms with Crippen molar-refractivity contribution >= 4 is 11.9 Å². The first-order valence-corrected chi connectivity index (χ1v) is 26.9. The molecule has 1 aliphatic rings. The third-order valence-corrected chi connectivity index (χ3v) is 15.3. The Morgan fingerprint density at radius 1 is 0.397 bits per heavy atom. The maximum atomic E-state index is 14.3. The smallest absolute Gasteiger partial charge is 0.323 e. The molecule has 78 heavy (non-hydrogen) atoms. The quantitative estimate of drug-likeness (QED) is 0.0796. The highest BCUT2D eigenvalue weighted by Gasteiger charge is 2.35. The molecule has 12 heteroatoms. The number of fused-ring (bicyclic) bond motifs is 8. The van der Waals surface area contributed by atoms with Gasteiger partial charge in [0, 0.05) is 61.3 Å².